The number of amides is 1. The Kier molecular flexibility index (Phi) is 4.15. The normalized spacial score (nSPS) is 10.5. The summed E-state index contributed by atoms with van der Waals surface area (Å²) in [5, 5.41) is 0. The van der Waals surface area contributed by atoms with E-state index in [9.17, 15) is 9.59 Å². The Labute approximate surface area is 137 Å². The van der Waals surface area contributed by atoms with Crippen LogP contribution in [0.15, 0.2) is 42.5 Å². The maximum absolute atomic E-state index is 11.6. The number of hydrogen-bond donors (Lipinski definition) is 2. The molecule has 0 aliphatic heterocycles. The minimum absolute atomic E-state index is 0.219. The average Bonchev–Trinajstić information content (AvgIpc) is 3.02. The molecule has 3 rings (SSSR count). The molecule has 0 saturated carbocycles. The quantitative estimate of drug-likeness (QED) is 0.696. The Morgan fingerprint density at radius 2 is 2.00 bits per heavy atom. The van der Waals surface area contributed by atoms with Crippen molar-refractivity contribution >= 4 is 22.9 Å². The molecular formula is C17H15N3O4. The SMILES string of the molecule is COC(=O)c1ccc2nc(-c3ccccc3OCC(N)=O)[nH]c2c1. The number of nitrogens with two attached hydrogens (primary N) is 1. The number of aromatic nitrogens is 2. The summed E-state index contributed by atoms with van der Waals surface area (Å²) in [6.45, 7) is -0.219. The average molecular weight is 325 g/mol. The van der Waals surface area contributed by atoms with Gasteiger partial charge in [0.2, 0.25) is 0 Å². The minimum atomic E-state index is -0.558. The number of H-pyrrole nitrogens is 1. The van der Waals surface area contributed by atoms with Crippen molar-refractivity contribution in [1.82, 2.24) is 9.97 Å². The molecule has 0 spiro atoms. The van der Waals surface area contributed by atoms with Crippen LogP contribution in [-0.4, -0.2) is 35.6 Å². The summed E-state index contributed by atoms with van der Waals surface area (Å²) in [4.78, 5) is 30.2. The highest BCUT2D eigenvalue weighted by Gasteiger charge is 2.13. The number of carbonyl (C=O) groups excluding carboxylic acids is 2. The highest BCUT2D eigenvalue weighted by atomic mass is 16.5. The first-order valence-electron chi connectivity index (χ1n) is 7.17. The van der Waals surface area contributed by atoms with Crippen LogP contribution in [0.1, 0.15) is 10.4 Å². The monoisotopic (exact) mass is 325 g/mol. The van der Waals surface area contributed by atoms with Crippen molar-refractivity contribution in [1.29, 1.82) is 0 Å². The van der Waals surface area contributed by atoms with E-state index in [0.717, 1.165) is 0 Å². The van der Waals surface area contributed by atoms with Crippen LogP contribution in [-0.2, 0) is 9.53 Å². The molecule has 0 aliphatic carbocycles. The van der Waals surface area contributed by atoms with E-state index in [2.05, 4.69) is 9.97 Å². The van der Waals surface area contributed by atoms with E-state index in [1.807, 2.05) is 12.1 Å². The summed E-state index contributed by atoms with van der Waals surface area (Å²) < 4.78 is 10.1. The molecule has 7 nitrogen and oxygen atoms in total. The molecule has 7 heteroatoms. The summed E-state index contributed by atoms with van der Waals surface area (Å²) in [7, 11) is 1.33. The fourth-order valence-corrected chi connectivity index (χ4v) is 2.32. The minimum Gasteiger partial charge on any atom is -0.483 e. The second-order valence-electron chi connectivity index (χ2n) is 5.06. The molecule has 1 heterocycles. The predicted octanol–water partition coefficient (Wildman–Crippen LogP) is 1.88. The van der Waals surface area contributed by atoms with Crippen molar-refractivity contribution < 1.29 is 19.1 Å². The van der Waals surface area contributed by atoms with Gasteiger partial charge < -0.3 is 20.2 Å². The van der Waals surface area contributed by atoms with Crippen LogP contribution in [0.2, 0.25) is 0 Å². The number of benzene rings is 2. The molecular weight excluding hydrogens is 310 g/mol. The lowest BCUT2D eigenvalue weighted by Crippen LogP contribution is -2.20. The van der Waals surface area contributed by atoms with E-state index >= 15 is 0 Å². The second kappa shape index (κ2) is 6.41. The van der Waals surface area contributed by atoms with Crippen molar-refractivity contribution in [2.24, 2.45) is 5.73 Å². The molecule has 0 bridgehead atoms. The largest absolute Gasteiger partial charge is 0.483 e. The molecule has 1 aromatic heterocycles. The standard InChI is InChI=1S/C17H15N3O4/c1-23-17(22)10-6-7-12-13(8-10)20-16(19-12)11-4-2-3-5-14(11)24-9-15(18)21/h2-8H,9H2,1H3,(H2,18,21)(H,19,20). The first-order chi connectivity index (χ1) is 11.6. The number of primary amides is 1. The number of para-hydroxylation sites is 1. The van der Waals surface area contributed by atoms with Gasteiger partial charge in [0, 0.05) is 0 Å². The molecule has 24 heavy (non-hydrogen) atoms. The fraction of sp³-hybridized carbons (Fsp3) is 0.118. The molecule has 0 radical (unpaired) electrons. The molecule has 1 amide bonds. The highest BCUT2D eigenvalue weighted by molar-refractivity contribution is 5.94. The van der Waals surface area contributed by atoms with Gasteiger partial charge in [-0.1, -0.05) is 12.1 Å². The van der Waals surface area contributed by atoms with Gasteiger partial charge in [-0.3, -0.25) is 4.79 Å². The first-order valence-corrected chi connectivity index (χ1v) is 7.17. The van der Waals surface area contributed by atoms with Gasteiger partial charge in [-0.05, 0) is 30.3 Å². The topological polar surface area (TPSA) is 107 Å². The van der Waals surface area contributed by atoms with Gasteiger partial charge >= 0.3 is 5.97 Å². The Hall–Kier alpha value is -3.35. The number of nitrogens with one attached hydrogen (secondary N) is 1. The zero-order chi connectivity index (χ0) is 17.1. The molecule has 0 fully saturated rings. The maximum atomic E-state index is 11.6. The number of imidazole rings is 1. The van der Waals surface area contributed by atoms with Crippen molar-refractivity contribution in [2.45, 2.75) is 0 Å². The lowest BCUT2D eigenvalue weighted by Gasteiger charge is -2.07. The number of aromatic amines is 1. The van der Waals surface area contributed by atoms with Crippen molar-refractivity contribution in [3.05, 3.63) is 48.0 Å². The van der Waals surface area contributed by atoms with Crippen molar-refractivity contribution in [3.63, 3.8) is 0 Å². The summed E-state index contributed by atoms with van der Waals surface area (Å²) >= 11 is 0. The van der Waals surface area contributed by atoms with E-state index in [1.54, 1.807) is 30.3 Å². The number of fused-ring (bicyclic) bond motifs is 1. The van der Waals surface area contributed by atoms with Crippen molar-refractivity contribution in [2.75, 3.05) is 13.7 Å². The van der Waals surface area contributed by atoms with E-state index in [1.165, 1.54) is 7.11 Å². The number of methoxy groups -OCH3 is 1. The van der Waals surface area contributed by atoms with Gasteiger partial charge in [0.1, 0.15) is 11.6 Å². The number of nitrogens with zero attached hydrogens (tertiary/aromatic N) is 1. The van der Waals surface area contributed by atoms with Crippen LogP contribution in [0, 0.1) is 0 Å². The first kappa shape index (κ1) is 15.5. The predicted molar refractivity (Wildman–Crippen MR) is 87.6 cm³/mol. The van der Waals surface area contributed by atoms with Crippen LogP contribution < -0.4 is 10.5 Å². The Bertz CT molecular complexity index is 917. The van der Waals surface area contributed by atoms with E-state index in [-0.39, 0.29) is 6.61 Å². The molecule has 0 unspecified atom stereocenters. The fourth-order valence-electron chi connectivity index (χ4n) is 2.32. The Balaban J connectivity index is 2.01. The van der Waals surface area contributed by atoms with Gasteiger partial charge in [0.05, 0.1) is 29.3 Å². The van der Waals surface area contributed by atoms with Crippen LogP contribution in [0.25, 0.3) is 22.4 Å². The lowest BCUT2D eigenvalue weighted by molar-refractivity contribution is -0.119. The number of hydrogen-bond acceptors (Lipinski definition) is 5. The second-order valence-corrected chi connectivity index (χ2v) is 5.06. The van der Waals surface area contributed by atoms with Crippen molar-refractivity contribution in [3.8, 4) is 17.1 Å². The van der Waals surface area contributed by atoms with Crippen LogP contribution >= 0.6 is 0 Å². The van der Waals surface area contributed by atoms with Gasteiger partial charge in [-0.15, -0.1) is 0 Å². The third-order valence-electron chi connectivity index (χ3n) is 3.42. The molecule has 0 aliphatic rings. The van der Waals surface area contributed by atoms with Crippen LogP contribution in [0.4, 0.5) is 0 Å². The van der Waals surface area contributed by atoms with Crippen LogP contribution in [0.3, 0.4) is 0 Å². The molecule has 0 saturated heterocycles. The third kappa shape index (κ3) is 3.05. The molecule has 122 valence electrons. The molecule has 3 aromatic rings. The highest BCUT2D eigenvalue weighted by Crippen LogP contribution is 2.29. The van der Waals surface area contributed by atoms with E-state index in [4.69, 9.17) is 15.2 Å². The number of ether oxygens (including phenoxy) is 2. The Morgan fingerprint density at radius 1 is 1.21 bits per heavy atom. The van der Waals surface area contributed by atoms with Gasteiger partial charge in [0.15, 0.2) is 6.61 Å². The number of esters is 1. The van der Waals surface area contributed by atoms with E-state index in [0.29, 0.717) is 33.7 Å². The maximum Gasteiger partial charge on any atom is 0.337 e. The lowest BCUT2D eigenvalue weighted by atomic mass is 10.2. The number of rotatable bonds is 5. The molecule has 0 atom stereocenters. The summed E-state index contributed by atoms with van der Waals surface area (Å²) in [6.07, 6.45) is 0. The van der Waals surface area contributed by atoms with E-state index < -0.39 is 11.9 Å². The third-order valence-corrected chi connectivity index (χ3v) is 3.42. The smallest absolute Gasteiger partial charge is 0.337 e. The van der Waals surface area contributed by atoms with Gasteiger partial charge in [-0.2, -0.15) is 0 Å². The zero-order valence-corrected chi connectivity index (χ0v) is 12.9. The molecule has 2 aromatic carbocycles. The molecule has 3 N–H and O–H groups in total. The summed E-state index contributed by atoms with van der Waals surface area (Å²) in [5.41, 5.74) is 7.62. The summed E-state index contributed by atoms with van der Waals surface area (Å²) in [5.74, 6) is 0.0750. The Morgan fingerprint density at radius 3 is 2.75 bits per heavy atom. The van der Waals surface area contributed by atoms with Gasteiger partial charge in [-0.25, -0.2) is 9.78 Å². The summed E-state index contributed by atoms with van der Waals surface area (Å²) in [6, 6.07) is 12.2. The van der Waals surface area contributed by atoms with Gasteiger partial charge in [0.25, 0.3) is 5.91 Å². The zero-order valence-electron chi connectivity index (χ0n) is 12.9. The number of carbonyl (C=O) groups is 2. The van der Waals surface area contributed by atoms with Crippen LogP contribution in [0.5, 0.6) is 5.75 Å².